The van der Waals surface area contributed by atoms with Crippen LogP contribution in [-0.4, -0.2) is 53.4 Å². The lowest BCUT2D eigenvalue weighted by Crippen LogP contribution is -2.58. The molecule has 0 spiro atoms. The van der Waals surface area contributed by atoms with Crippen LogP contribution in [0.1, 0.15) is 65.0 Å². The smallest absolute Gasteiger partial charge is 0.243 e. The van der Waals surface area contributed by atoms with Crippen molar-refractivity contribution in [2.75, 3.05) is 19.6 Å². The molecule has 1 atom stereocenters. The predicted molar refractivity (Wildman–Crippen MR) is 148 cm³/mol. The zero-order chi connectivity index (χ0) is 27.9. The summed E-state index contributed by atoms with van der Waals surface area (Å²) in [5, 5.41) is 13.9. The minimum absolute atomic E-state index is 0.00793. The van der Waals surface area contributed by atoms with E-state index in [4.69, 9.17) is 4.84 Å². The average molecular weight is 542 g/mol. The van der Waals surface area contributed by atoms with Crippen molar-refractivity contribution < 1.29 is 18.2 Å². The lowest BCUT2D eigenvalue weighted by Gasteiger charge is -2.51. The van der Waals surface area contributed by atoms with Gasteiger partial charge in [0.15, 0.2) is 5.76 Å². The zero-order valence-electron chi connectivity index (χ0n) is 23.2. The van der Waals surface area contributed by atoms with Gasteiger partial charge in [-0.25, -0.2) is 8.42 Å². The van der Waals surface area contributed by atoms with E-state index in [9.17, 15) is 18.5 Å². The van der Waals surface area contributed by atoms with Gasteiger partial charge in [-0.2, -0.15) is 4.31 Å². The molecular formula is C29H39N3O5S. The van der Waals surface area contributed by atoms with Crippen LogP contribution in [0.5, 0.6) is 0 Å². The molecule has 0 bridgehead atoms. The van der Waals surface area contributed by atoms with Gasteiger partial charge in [-0.05, 0) is 72.9 Å². The van der Waals surface area contributed by atoms with E-state index < -0.39 is 22.0 Å². The highest BCUT2D eigenvalue weighted by Gasteiger charge is 2.51. The van der Waals surface area contributed by atoms with Crippen molar-refractivity contribution in [3.05, 3.63) is 81.4 Å². The molecule has 4 rings (SSSR count). The molecule has 2 fully saturated rings. The van der Waals surface area contributed by atoms with E-state index in [-0.39, 0.29) is 34.0 Å². The molecule has 0 unspecified atom stereocenters. The first-order chi connectivity index (χ1) is 17.7. The van der Waals surface area contributed by atoms with Gasteiger partial charge in [0.2, 0.25) is 16.6 Å². The van der Waals surface area contributed by atoms with Crippen LogP contribution in [0.4, 0.5) is 0 Å². The summed E-state index contributed by atoms with van der Waals surface area (Å²) in [6, 6.07) is 16.2. The molecule has 0 radical (unpaired) electrons. The van der Waals surface area contributed by atoms with Crippen molar-refractivity contribution in [2.24, 2.45) is 5.41 Å². The molecule has 0 aliphatic carbocycles. The van der Waals surface area contributed by atoms with Gasteiger partial charge >= 0.3 is 0 Å². The molecule has 2 aliphatic heterocycles. The molecule has 38 heavy (non-hydrogen) atoms. The maximum absolute atomic E-state index is 13.7. The fraction of sp³-hybridized carbons (Fsp3) is 0.517. The van der Waals surface area contributed by atoms with E-state index in [1.807, 2.05) is 42.3 Å². The maximum Gasteiger partial charge on any atom is 0.243 e. The van der Waals surface area contributed by atoms with Crippen molar-refractivity contribution in [3.63, 3.8) is 0 Å². The van der Waals surface area contributed by atoms with Crippen LogP contribution in [0.25, 0.3) is 5.76 Å². The SMILES string of the molecule is Cc1ccc(S(=O)(=O)N2C/C(=C(\ON3C(C)(C)CCCC3(C)C)c3ccccc3)[C@@](C)(C[N+](=O)[O-])C2)cc1. The third-order valence-corrected chi connectivity index (χ3v) is 9.70. The average Bonchev–Trinajstić information content (AvgIpc) is 3.16. The van der Waals surface area contributed by atoms with E-state index in [0.29, 0.717) is 11.3 Å². The van der Waals surface area contributed by atoms with Crippen LogP contribution in [0.2, 0.25) is 0 Å². The summed E-state index contributed by atoms with van der Waals surface area (Å²) in [6.07, 6.45) is 2.95. The molecule has 2 aromatic rings. The van der Waals surface area contributed by atoms with Crippen LogP contribution < -0.4 is 0 Å². The fourth-order valence-electron chi connectivity index (χ4n) is 5.90. The van der Waals surface area contributed by atoms with Gasteiger partial charge in [-0.15, -0.1) is 5.06 Å². The summed E-state index contributed by atoms with van der Waals surface area (Å²) in [4.78, 5) is 18.5. The second-order valence-corrected chi connectivity index (χ2v) is 14.1. The first-order valence-corrected chi connectivity index (χ1v) is 14.6. The van der Waals surface area contributed by atoms with Gasteiger partial charge in [0.1, 0.15) is 0 Å². The molecule has 0 aromatic heterocycles. The highest BCUT2D eigenvalue weighted by Crippen LogP contribution is 2.46. The number of aryl methyl sites for hydroxylation is 1. The first kappa shape index (κ1) is 28.3. The molecule has 2 aromatic carbocycles. The number of nitro groups is 1. The Morgan fingerprint density at radius 2 is 1.55 bits per heavy atom. The lowest BCUT2D eigenvalue weighted by atomic mass is 9.81. The molecular weight excluding hydrogens is 502 g/mol. The number of piperidine rings is 1. The number of hydrogen-bond acceptors (Lipinski definition) is 6. The number of rotatable bonds is 7. The van der Waals surface area contributed by atoms with Gasteiger partial charge < -0.3 is 4.84 Å². The van der Waals surface area contributed by atoms with E-state index in [1.54, 1.807) is 31.2 Å². The van der Waals surface area contributed by atoms with Crippen molar-refractivity contribution in [2.45, 2.75) is 76.8 Å². The lowest BCUT2D eigenvalue weighted by molar-refractivity contribution is -0.493. The third-order valence-electron chi connectivity index (χ3n) is 7.89. The molecule has 9 heteroatoms. The summed E-state index contributed by atoms with van der Waals surface area (Å²) in [6.45, 7) is 11.8. The largest absolute Gasteiger partial charge is 0.404 e. The predicted octanol–water partition coefficient (Wildman–Crippen LogP) is 5.67. The Kier molecular flexibility index (Phi) is 7.51. The van der Waals surface area contributed by atoms with Crippen LogP contribution in [0.15, 0.2) is 65.1 Å². The Hall–Kier alpha value is -2.75. The Morgan fingerprint density at radius 3 is 2.11 bits per heavy atom. The molecule has 206 valence electrons. The zero-order valence-corrected chi connectivity index (χ0v) is 24.0. The van der Waals surface area contributed by atoms with Gasteiger partial charge in [-0.3, -0.25) is 10.1 Å². The summed E-state index contributed by atoms with van der Waals surface area (Å²) in [5.41, 5.74) is 0.714. The monoisotopic (exact) mass is 541 g/mol. The molecule has 8 nitrogen and oxygen atoms in total. The second-order valence-electron chi connectivity index (χ2n) is 12.2. The van der Waals surface area contributed by atoms with Crippen molar-refractivity contribution >= 4 is 15.8 Å². The van der Waals surface area contributed by atoms with Crippen LogP contribution in [0.3, 0.4) is 0 Å². The Labute approximate surface area is 226 Å². The minimum atomic E-state index is -3.88. The molecule has 2 heterocycles. The Morgan fingerprint density at radius 1 is 0.974 bits per heavy atom. The van der Waals surface area contributed by atoms with Crippen LogP contribution >= 0.6 is 0 Å². The van der Waals surface area contributed by atoms with Crippen molar-refractivity contribution in [3.8, 4) is 0 Å². The highest BCUT2D eigenvalue weighted by molar-refractivity contribution is 7.89. The number of hydroxylamine groups is 2. The summed E-state index contributed by atoms with van der Waals surface area (Å²) >= 11 is 0. The summed E-state index contributed by atoms with van der Waals surface area (Å²) in [7, 11) is -3.88. The topological polar surface area (TPSA) is 93.0 Å². The van der Waals surface area contributed by atoms with E-state index >= 15 is 0 Å². The fourth-order valence-corrected chi connectivity index (χ4v) is 7.43. The van der Waals surface area contributed by atoms with E-state index in [1.165, 1.54) is 4.31 Å². The Balaban J connectivity index is 1.88. The van der Waals surface area contributed by atoms with Gasteiger partial charge in [-0.1, -0.05) is 48.0 Å². The number of benzene rings is 2. The summed E-state index contributed by atoms with van der Waals surface area (Å²) in [5.74, 6) is 0.500. The highest BCUT2D eigenvalue weighted by atomic mass is 32.2. The Bertz CT molecular complexity index is 1300. The quantitative estimate of drug-likeness (QED) is 0.255. The molecule has 0 amide bonds. The van der Waals surface area contributed by atoms with Crippen molar-refractivity contribution in [1.29, 1.82) is 0 Å². The first-order valence-electron chi connectivity index (χ1n) is 13.1. The minimum Gasteiger partial charge on any atom is -0.404 e. The van der Waals surface area contributed by atoms with Crippen LogP contribution in [0, 0.1) is 22.5 Å². The summed E-state index contributed by atoms with van der Waals surface area (Å²) < 4.78 is 28.8. The van der Waals surface area contributed by atoms with Crippen molar-refractivity contribution in [1.82, 2.24) is 9.37 Å². The molecule has 0 N–H and O–H groups in total. The standard InChI is InChI=1S/C29H39N3O5S/c1-22-13-15-24(16-14-22)38(35,36)30-19-25(29(6,20-30)21-31(33)34)26(23-11-8-7-9-12-23)37-32-27(2,3)17-10-18-28(32,4)5/h7-9,11-16H,10,17-21H2,1-6H3/b26-25+/t29-/m1/s1. The number of sulfonamides is 1. The molecule has 0 saturated carbocycles. The van der Waals surface area contributed by atoms with Gasteiger partial charge in [0, 0.05) is 29.1 Å². The molecule has 2 aliphatic rings. The second kappa shape index (κ2) is 10.1. The van der Waals surface area contributed by atoms with Gasteiger partial charge in [0.05, 0.1) is 21.4 Å². The number of hydrogen-bond donors (Lipinski definition) is 0. The third kappa shape index (κ3) is 5.51. The van der Waals surface area contributed by atoms with E-state index in [0.717, 1.165) is 30.4 Å². The van der Waals surface area contributed by atoms with Gasteiger partial charge in [0.25, 0.3) is 0 Å². The maximum atomic E-state index is 13.7. The van der Waals surface area contributed by atoms with Crippen LogP contribution in [-0.2, 0) is 14.9 Å². The normalized spacial score (nSPS) is 25.2. The number of nitrogens with zero attached hydrogens (tertiary/aromatic N) is 3. The van der Waals surface area contributed by atoms with E-state index in [2.05, 4.69) is 27.7 Å². The molecule has 2 saturated heterocycles.